The molecule has 6 atom stereocenters. The van der Waals surface area contributed by atoms with Crippen molar-refractivity contribution < 1.29 is 51.9 Å². The van der Waals surface area contributed by atoms with E-state index in [1.165, 1.54) is 45.8 Å². The van der Waals surface area contributed by atoms with Gasteiger partial charge in [0, 0.05) is 78.2 Å². The number of nitrogens with two attached hydrogens (primary N) is 1. The van der Waals surface area contributed by atoms with Gasteiger partial charge in [-0.25, -0.2) is 8.78 Å². The van der Waals surface area contributed by atoms with Gasteiger partial charge >= 0.3 is 0 Å². The summed E-state index contributed by atoms with van der Waals surface area (Å²) < 4.78 is 27.3. The predicted octanol–water partition coefficient (Wildman–Crippen LogP) is 5.26. The summed E-state index contributed by atoms with van der Waals surface area (Å²) in [4.78, 5) is 130. The molecule has 1 aliphatic carbocycles. The van der Waals surface area contributed by atoms with Crippen molar-refractivity contribution in [3.63, 3.8) is 0 Å². The molecule has 3 aromatic rings. The van der Waals surface area contributed by atoms with Gasteiger partial charge in [-0.15, -0.1) is 11.8 Å². The molecule has 1 aromatic heterocycles. The molecule has 5 fully saturated rings. The number of hydrogen-bond donors (Lipinski definition) is 6. The fourth-order valence-corrected chi connectivity index (χ4v) is 13.9. The molecule has 21 heteroatoms. The summed E-state index contributed by atoms with van der Waals surface area (Å²) in [6, 6.07) is 5.87. The van der Waals surface area contributed by atoms with E-state index in [-0.39, 0.29) is 73.5 Å². The Bertz CT molecular complexity index is 2950. The molecule has 7 N–H and O–H groups in total. The normalized spacial score (nSPS) is 23.6. The van der Waals surface area contributed by atoms with Crippen LogP contribution in [0.1, 0.15) is 161 Å². The third-order valence-corrected chi connectivity index (χ3v) is 18.1. The number of nitrogens with zero attached hydrogens (tertiary/aromatic N) is 3. The van der Waals surface area contributed by atoms with Crippen molar-refractivity contribution in [2.45, 2.75) is 176 Å². The lowest BCUT2D eigenvalue weighted by Crippen LogP contribution is -2.62. The first-order valence-corrected chi connectivity index (χ1v) is 28.3. The Hall–Kier alpha value is -6.82. The molecule has 6 heterocycles. The number of H-pyrrole nitrogens is 1. The minimum atomic E-state index is -3.09. The van der Waals surface area contributed by atoms with Crippen LogP contribution in [0.4, 0.5) is 8.78 Å². The maximum atomic E-state index is 14.7. The van der Waals surface area contributed by atoms with E-state index in [1.54, 1.807) is 17.0 Å². The number of rotatable bonds is 15. The number of nitrogens with one attached hydrogen (secondary N) is 5. The molecule has 18 nitrogen and oxygen atoms in total. The topological polar surface area (TPSA) is 253 Å². The molecule has 9 rings (SSSR count). The van der Waals surface area contributed by atoms with Crippen molar-refractivity contribution in [3.8, 4) is 11.8 Å². The van der Waals surface area contributed by atoms with Crippen LogP contribution in [-0.4, -0.2) is 126 Å². The number of alkyl halides is 2. The highest BCUT2D eigenvalue weighted by molar-refractivity contribution is 8.01. The average Bonchev–Trinajstić information content (AvgIpc) is 4.07. The summed E-state index contributed by atoms with van der Waals surface area (Å²) in [5.41, 5.74) is 7.92. The van der Waals surface area contributed by atoms with Gasteiger partial charge in [-0.3, -0.25) is 48.5 Å². The lowest BCUT2D eigenvalue weighted by Gasteiger charge is -2.38. The zero-order chi connectivity index (χ0) is 55.6. The average molecular weight is 1090 g/mol. The van der Waals surface area contributed by atoms with Crippen LogP contribution in [0.15, 0.2) is 42.5 Å². The number of fused-ring (bicyclic) bond motifs is 3. The van der Waals surface area contributed by atoms with E-state index in [9.17, 15) is 51.9 Å². The molecule has 5 aliphatic heterocycles. The van der Waals surface area contributed by atoms with Gasteiger partial charge in [0.05, 0.1) is 5.37 Å². The number of carbonyl (C=O) groups excluding carboxylic acids is 9. The number of thioether (sulfide) groups is 1. The van der Waals surface area contributed by atoms with E-state index in [0.29, 0.717) is 54.7 Å². The highest BCUT2D eigenvalue weighted by Gasteiger charge is 2.55. The molecular weight excluding hydrogens is 1020 g/mol. The summed E-state index contributed by atoms with van der Waals surface area (Å²) in [7, 11) is 0. The van der Waals surface area contributed by atoms with E-state index >= 15 is 0 Å². The molecule has 78 heavy (non-hydrogen) atoms. The fourth-order valence-electron chi connectivity index (χ4n) is 12.3. The quantitative estimate of drug-likeness (QED) is 0.0851. The van der Waals surface area contributed by atoms with Crippen LogP contribution < -0.4 is 27.0 Å². The summed E-state index contributed by atoms with van der Waals surface area (Å²) in [5, 5.41) is 11.0. The Balaban J connectivity index is 0.830. The third kappa shape index (κ3) is 12.2. The number of halogens is 2. The second-order valence-electron chi connectivity index (χ2n) is 22.4. The van der Waals surface area contributed by atoms with Crippen molar-refractivity contribution in [1.29, 1.82) is 0 Å². The van der Waals surface area contributed by atoms with E-state index in [1.807, 2.05) is 19.9 Å². The Morgan fingerprint density at radius 3 is 2.40 bits per heavy atom. The van der Waals surface area contributed by atoms with E-state index in [4.69, 9.17) is 5.73 Å². The fraction of sp³-hybridized carbons (Fsp3) is 0.561. The molecular formula is C57H69F2N9O9S. The molecule has 1 unspecified atom stereocenters. The zero-order valence-corrected chi connectivity index (χ0v) is 45.2. The number of primary amides is 1. The van der Waals surface area contributed by atoms with Crippen LogP contribution in [0.25, 0.3) is 10.9 Å². The van der Waals surface area contributed by atoms with Crippen molar-refractivity contribution in [1.82, 2.24) is 41.0 Å². The number of amides is 9. The van der Waals surface area contributed by atoms with Crippen molar-refractivity contribution in [3.05, 3.63) is 70.4 Å². The lowest BCUT2D eigenvalue weighted by atomic mass is 9.82. The van der Waals surface area contributed by atoms with Crippen LogP contribution >= 0.6 is 11.8 Å². The molecule has 0 spiro atoms. The smallest absolute Gasteiger partial charge is 0.270 e. The van der Waals surface area contributed by atoms with Crippen LogP contribution in [0.5, 0.6) is 0 Å². The zero-order valence-electron chi connectivity index (χ0n) is 44.4. The molecule has 4 saturated heterocycles. The summed E-state index contributed by atoms with van der Waals surface area (Å²) in [5.74, 6) is -0.755. The molecule has 0 bridgehead atoms. The van der Waals surface area contributed by atoms with Crippen LogP contribution in [0.2, 0.25) is 0 Å². The second kappa shape index (κ2) is 23.3. The number of aromatic amines is 1. The van der Waals surface area contributed by atoms with Gasteiger partial charge in [0.2, 0.25) is 41.4 Å². The van der Waals surface area contributed by atoms with Gasteiger partial charge in [-0.1, -0.05) is 43.2 Å². The number of piperidine rings is 2. The van der Waals surface area contributed by atoms with Crippen LogP contribution in [-0.2, 0) is 46.0 Å². The Labute approximate surface area is 456 Å². The van der Waals surface area contributed by atoms with Crippen LogP contribution in [0, 0.1) is 23.7 Å². The standard InChI is InChI=1S/C57H69F2N9O9S/c1-56(2)48(68-46(78-56)18-10-17-41(54(68)76)63-50(72)42-30-35-29-36(57(3,58)59)19-20-39(35)61-42)52(74)62-40(21-23-44(60)69)49(71)65-47(34-13-5-4-6-14-34)55(77)66-27-25-32(26-28-66)11-7-8-12-33-15-9-16-37-38(33)31-67(53(37)75)43-22-24-45(70)64-51(43)73/h9,15-16,19-20,29-30,32,34,40-41,43,46-48,61H,4-7,10-11,13-14,17-18,21-28,31H2,1-3H3,(H2,60,69)(H,62,74)(H,63,72)(H,65,71)(H,64,70,73)/t40-,41-,43?,46+,47-,48+/m0/s1. The molecule has 2 aromatic carbocycles. The number of imide groups is 1. The second-order valence-corrected chi connectivity index (χ2v) is 24.3. The minimum absolute atomic E-state index is 0.0777. The van der Waals surface area contributed by atoms with Gasteiger partial charge in [0.25, 0.3) is 17.7 Å². The predicted molar refractivity (Wildman–Crippen MR) is 286 cm³/mol. The van der Waals surface area contributed by atoms with Crippen molar-refractivity contribution in [2.24, 2.45) is 17.6 Å². The molecule has 0 radical (unpaired) electrons. The monoisotopic (exact) mass is 1090 g/mol. The molecule has 416 valence electrons. The van der Waals surface area contributed by atoms with Gasteiger partial charge in [-0.05, 0) is 126 Å². The summed E-state index contributed by atoms with van der Waals surface area (Å²) in [6.07, 6.45) is 8.47. The van der Waals surface area contributed by atoms with Gasteiger partial charge in [0.15, 0.2) is 0 Å². The summed E-state index contributed by atoms with van der Waals surface area (Å²) in [6.45, 7) is 5.66. The number of likely N-dealkylation sites (tertiary alicyclic amines) is 1. The van der Waals surface area contributed by atoms with E-state index in [2.05, 4.69) is 38.1 Å². The molecule has 6 aliphatic rings. The maximum absolute atomic E-state index is 14.7. The van der Waals surface area contributed by atoms with Gasteiger partial charge in [-0.2, -0.15) is 0 Å². The lowest BCUT2D eigenvalue weighted by molar-refractivity contribution is -0.144. The van der Waals surface area contributed by atoms with Gasteiger partial charge in [0.1, 0.15) is 35.9 Å². The van der Waals surface area contributed by atoms with E-state index < -0.39 is 81.7 Å². The maximum Gasteiger partial charge on any atom is 0.270 e. The number of benzene rings is 2. The summed E-state index contributed by atoms with van der Waals surface area (Å²) >= 11 is 1.45. The van der Waals surface area contributed by atoms with Gasteiger partial charge < -0.3 is 41.4 Å². The third-order valence-electron chi connectivity index (χ3n) is 16.5. The molecule has 1 saturated carbocycles. The largest absolute Gasteiger partial charge is 0.370 e. The highest BCUT2D eigenvalue weighted by Crippen LogP contribution is 2.48. The first-order valence-electron chi connectivity index (χ1n) is 27.4. The Kier molecular flexibility index (Phi) is 16.7. The SMILES string of the molecule is CC(F)(F)c1ccc2[nH]c(C(=O)N[C@H]3CCC[C@H]4SC(C)(C)[C@@H](C(=O)N[C@@H](CCC(N)=O)C(=O)N[C@H](C(=O)N5CCC(CCC#Cc6cccc7c6CN(C6CCC(=O)NC6=O)C7=O)CC5)C5CCCCC5)N4C3=O)cc2c1. The number of carbonyl (C=O) groups is 9. The minimum Gasteiger partial charge on any atom is -0.370 e. The Morgan fingerprint density at radius 1 is 0.923 bits per heavy atom. The van der Waals surface area contributed by atoms with Crippen molar-refractivity contribution in [2.75, 3.05) is 13.1 Å². The Morgan fingerprint density at radius 2 is 1.68 bits per heavy atom. The first-order chi connectivity index (χ1) is 37.2. The first kappa shape index (κ1) is 55.9. The molecule has 9 amide bonds. The highest BCUT2D eigenvalue weighted by atomic mass is 32.2. The van der Waals surface area contributed by atoms with Crippen LogP contribution in [0.3, 0.4) is 0 Å². The van der Waals surface area contributed by atoms with E-state index in [0.717, 1.165) is 69.4 Å². The van der Waals surface area contributed by atoms with Crippen molar-refractivity contribution >= 4 is 75.8 Å². The number of hydrogen-bond acceptors (Lipinski definition) is 10. The number of aromatic nitrogens is 1.